The van der Waals surface area contributed by atoms with Crippen LogP contribution in [0.3, 0.4) is 0 Å². The van der Waals surface area contributed by atoms with Crippen molar-refractivity contribution in [1.29, 1.82) is 0 Å². The number of hydrogen-bond donors (Lipinski definition) is 0. The van der Waals surface area contributed by atoms with Crippen LogP contribution in [0.2, 0.25) is 0 Å². The number of esters is 1. The van der Waals surface area contributed by atoms with Crippen LogP contribution in [0.4, 0.5) is 0 Å². The van der Waals surface area contributed by atoms with Gasteiger partial charge in [0.25, 0.3) is 0 Å². The fourth-order valence-electron chi connectivity index (χ4n) is 3.76. The summed E-state index contributed by atoms with van der Waals surface area (Å²) < 4.78 is 37.8. The van der Waals surface area contributed by atoms with E-state index in [2.05, 4.69) is 25.2 Å². The molecule has 0 spiro atoms. The summed E-state index contributed by atoms with van der Waals surface area (Å²) in [6, 6.07) is 0. The van der Waals surface area contributed by atoms with Gasteiger partial charge in [-0.05, 0) is 40.5 Å². The van der Waals surface area contributed by atoms with Crippen molar-refractivity contribution in [1.82, 2.24) is 0 Å². The maximum atomic E-state index is 10.9. The Hall–Kier alpha value is -1.03. The monoisotopic (exact) mass is 604 g/mol. The first kappa shape index (κ1) is 43.1. The summed E-state index contributed by atoms with van der Waals surface area (Å²) in [4.78, 5) is 10.9. The van der Waals surface area contributed by atoms with Crippen LogP contribution < -0.4 is 0 Å². The number of hydrogen-bond acceptors (Lipinski definition) is 8. The van der Waals surface area contributed by atoms with Crippen LogP contribution >= 0.6 is 0 Å². The van der Waals surface area contributed by atoms with E-state index >= 15 is 0 Å². The zero-order valence-electron chi connectivity index (χ0n) is 28.5. The first-order valence-electron chi connectivity index (χ1n) is 16.6. The van der Waals surface area contributed by atoms with Crippen molar-refractivity contribution in [2.75, 3.05) is 60.0 Å². The van der Waals surface area contributed by atoms with E-state index in [1.54, 1.807) is 6.08 Å². The predicted octanol–water partition coefficient (Wildman–Crippen LogP) is 7.71. The van der Waals surface area contributed by atoms with Crippen molar-refractivity contribution >= 4 is 5.97 Å². The average Bonchev–Trinajstić information content (AvgIpc) is 2.99. The number of methoxy groups -OCH3 is 1. The molecule has 8 heteroatoms. The molecule has 4 atom stereocenters. The lowest BCUT2D eigenvalue weighted by atomic mass is 10.1. The molecule has 0 amide bonds. The van der Waals surface area contributed by atoms with Gasteiger partial charge in [-0.3, -0.25) is 0 Å². The third kappa shape index (κ3) is 35.2. The van der Waals surface area contributed by atoms with Crippen molar-refractivity contribution in [2.45, 2.75) is 143 Å². The molecule has 0 aromatic carbocycles. The molecule has 0 aromatic heterocycles. The van der Waals surface area contributed by atoms with E-state index in [-0.39, 0.29) is 37.0 Å². The van der Waals surface area contributed by atoms with E-state index in [4.69, 9.17) is 28.4 Å². The number of carbonyl (C=O) groups is 1. The highest BCUT2D eigenvalue weighted by atomic mass is 16.6. The van der Waals surface area contributed by atoms with E-state index in [0.717, 1.165) is 26.1 Å². The molecular formula is C34H68O8. The Bertz CT molecular complexity index is 560. The maximum Gasteiger partial charge on any atom is 0.331 e. The molecule has 252 valence electrons. The predicted molar refractivity (Wildman–Crippen MR) is 172 cm³/mol. The molecule has 4 unspecified atom stereocenters. The molecule has 0 aliphatic carbocycles. The van der Waals surface area contributed by atoms with Gasteiger partial charge in [-0.25, -0.2) is 4.79 Å². The molecule has 0 saturated heterocycles. The van der Waals surface area contributed by atoms with Gasteiger partial charge in [0, 0.05) is 13.2 Å². The van der Waals surface area contributed by atoms with Crippen molar-refractivity contribution in [3.63, 3.8) is 0 Å². The second-order valence-electron chi connectivity index (χ2n) is 11.1. The Morgan fingerprint density at radius 1 is 0.595 bits per heavy atom. The summed E-state index contributed by atoms with van der Waals surface area (Å²) in [5.41, 5.74) is 0. The standard InChI is InChI=1S/C17H34O5.C17H34O3/c1-5-6-7-8-9-10-11-20-12-15(2)21-13-16(3)22-14-17(18)19-4;1-5-7-8-9-10-11-13-18-14-16(3)20-15-17(4)19-12-6-2/h15-16H,5-14H2,1-4H3;6,16-17H,2,5,7-15H2,1,3-4H3. The Kier molecular flexibility index (Phi) is 35.4. The number of carbonyl (C=O) groups excluding carboxylic acids is 1. The summed E-state index contributed by atoms with van der Waals surface area (Å²) in [5, 5.41) is 0. The maximum absolute atomic E-state index is 10.9. The minimum absolute atomic E-state index is 0.0317. The minimum atomic E-state index is -0.373. The third-order valence-corrected chi connectivity index (χ3v) is 6.43. The van der Waals surface area contributed by atoms with Gasteiger partial charge >= 0.3 is 5.97 Å². The second-order valence-corrected chi connectivity index (χ2v) is 11.1. The first-order valence-corrected chi connectivity index (χ1v) is 16.6. The van der Waals surface area contributed by atoms with Gasteiger partial charge in [0.2, 0.25) is 0 Å². The molecule has 0 heterocycles. The van der Waals surface area contributed by atoms with Crippen LogP contribution in [0, 0.1) is 0 Å². The van der Waals surface area contributed by atoms with E-state index < -0.39 is 0 Å². The fourth-order valence-corrected chi connectivity index (χ4v) is 3.76. The van der Waals surface area contributed by atoms with Gasteiger partial charge in [-0.2, -0.15) is 0 Å². The minimum Gasteiger partial charge on any atom is -0.467 e. The lowest BCUT2D eigenvalue weighted by molar-refractivity contribution is -0.149. The topological polar surface area (TPSA) is 81.7 Å². The Labute approximate surface area is 259 Å². The molecule has 0 saturated carbocycles. The summed E-state index contributed by atoms with van der Waals surface area (Å²) in [6.07, 6.45) is 17.3. The summed E-state index contributed by atoms with van der Waals surface area (Å²) in [6.45, 7) is 20.5. The van der Waals surface area contributed by atoms with Crippen molar-refractivity contribution in [3.8, 4) is 0 Å². The highest BCUT2D eigenvalue weighted by Gasteiger charge is 2.10. The molecule has 0 aromatic rings. The van der Waals surface area contributed by atoms with Gasteiger partial charge in [-0.1, -0.05) is 84.1 Å². The molecule has 0 rings (SSSR count). The van der Waals surface area contributed by atoms with Gasteiger partial charge in [-0.15, -0.1) is 6.58 Å². The van der Waals surface area contributed by atoms with Gasteiger partial charge < -0.3 is 33.2 Å². The lowest BCUT2D eigenvalue weighted by Gasteiger charge is -2.17. The van der Waals surface area contributed by atoms with Crippen molar-refractivity contribution in [3.05, 3.63) is 12.7 Å². The Morgan fingerprint density at radius 2 is 1.00 bits per heavy atom. The Morgan fingerprint density at radius 3 is 1.43 bits per heavy atom. The van der Waals surface area contributed by atoms with Crippen LogP contribution in [0.25, 0.3) is 0 Å². The van der Waals surface area contributed by atoms with Crippen LogP contribution in [0.15, 0.2) is 12.7 Å². The summed E-state index contributed by atoms with van der Waals surface area (Å²) >= 11 is 0. The molecule has 0 aliphatic heterocycles. The summed E-state index contributed by atoms with van der Waals surface area (Å²) in [5.74, 6) is -0.373. The molecule has 0 bridgehead atoms. The third-order valence-electron chi connectivity index (χ3n) is 6.43. The van der Waals surface area contributed by atoms with Crippen molar-refractivity contribution in [2.24, 2.45) is 0 Å². The highest BCUT2D eigenvalue weighted by molar-refractivity contribution is 5.70. The van der Waals surface area contributed by atoms with E-state index in [0.29, 0.717) is 33.0 Å². The molecule has 42 heavy (non-hydrogen) atoms. The summed E-state index contributed by atoms with van der Waals surface area (Å²) in [7, 11) is 1.34. The molecule has 0 fully saturated rings. The van der Waals surface area contributed by atoms with E-state index in [1.807, 2.05) is 27.7 Å². The Balaban J connectivity index is 0. The van der Waals surface area contributed by atoms with Crippen LogP contribution in [0.1, 0.15) is 119 Å². The molecule has 0 radical (unpaired) electrons. The molecular weight excluding hydrogens is 536 g/mol. The zero-order valence-corrected chi connectivity index (χ0v) is 28.5. The van der Waals surface area contributed by atoms with Crippen molar-refractivity contribution < 1.29 is 38.0 Å². The molecule has 0 aliphatic rings. The smallest absolute Gasteiger partial charge is 0.331 e. The normalized spacial score (nSPS) is 14.0. The number of rotatable bonds is 30. The lowest BCUT2D eigenvalue weighted by Crippen LogP contribution is -2.25. The molecule has 0 N–H and O–H groups in total. The van der Waals surface area contributed by atoms with E-state index in [1.165, 1.54) is 71.3 Å². The van der Waals surface area contributed by atoms with E-state index in [9.17, 15) is 4.79 Å². The van der Waals surface area contributed by atoms with Crippen LogP contribution in [-0.4, -0.2) is 90.4 Å². The fraction of sp³-hybridized carbons (Fsp3) is 0.912. The van der Waals surface area contributed by atoms with Gasteiger partial charge in [0.15, 0.2) is 0 Å². The van der Waals surface area contributed by atoms with Gasteiger partial charge in [0.1, 0.15) is 6.61 Å². The first-order chi connectivity index (χ1) is 20.3. The number of unbranched alkanes of at least 4 members (excludes halogenated alkanes) is 10. The SMILES string of the molecule is C=CCOC(C)COC(C)COCCCCCCCC.CCCCCCCCOCC(C)OCC(C)OCC(=O)OC. The van der Waals surface area contributed by atoms with Crippen LogP contribution in [-0.2, 0) is 38.0 Å². The highest BCUT2D eigenvalue weighted by Crippen LogP contribution is 2.07. The number of ether oxygens (including phenoxy) is 7. The largest absolute Gasteiger partial charge is 0.467 e. The zero-order chi connectivity index (χ0) is 31.7. The van der Waals surface area contributed by atoms with Gasteiger partial charge in [0.05, 0.1) is 64.6 Å². The molecule has 8 nitrogen and oxygen atoms in total. The second kappa shape index (κ2) is 34.5. The average molecular weight is 605 g/mol. The van der Waals surface area contributed by atoms with Crippen LogP contribution in [0.5, 0.6) is 0 Å². The quantitative estimate of drug-likeness (QED) is 0.0469.